The zero-order valence-corrected chi connectivity index (χ0v) is 12.7. The molecule has 21 heavy (non-hydrogen) atoms. The van der Waals surface area contributed by atoms with Gasteiger partial charge in [0.2, 0.25) is 0 Å². The zero-order valence-electron chi connectivity index (χ0n) is 12.7. The van der Waals surface area contributed by atoms with Crippen molar-refractivity contribution in [3.63, 3.8) is 0 Å². The van der Waals surface area contributed by atoms with Crippen LogP contribution in [0.3, 0.4) is 0 Å². The lowest BCUT2D eigenvalue weighted by atomic mass is 9.78. The van der Waals surface area contributed by atoms with Gasteiger partial charge in [-0.25, -0.2) is 0 Å². The lowest BCUT2D eigenvalue weighted by Crippen LogP contribution is -2.30. The Morgan fingerprint density at radius 2 is 1.43 bits per heavy atom. The van der Waals surface area contributed by atoms with Crippen LogP contribution in [0.5, 0.6) is 0 Å². The number of hydrogen-bond donors (Lipinski definition) is 0. The van der Waals surface area contributed by atoms with Gasteiger partial charge in [0.25, 0.3) is 0 Å². The van der Waals surface area contributed by atoms with Gasteiger partial charge < -0.3 is 4.74 Å². The van der Waals surface area contributed by atoms with Crippen LogP contribution in [0.25, 0.3) is 0 Å². The standard InChI is InChI=1S/C19H20O2/c1-19(2,3)21-18(20)17-15-10-6-4-8-13(15)12-14-9-5-7-11-16(14)17/h4-11,17H,12H2,1-3H3. The van der Waals surface area contributed by atoms with E-state index >= 15 is 0 Å². The third-order valence-corrected chi connectivity index (χ3v) is 3.76. The van der Waals surface area contributed by atoms with Crippen molar-refractivity contribution in [2.75, 3.05) is 0 Å². The molecule has 2 aromatic carbocycles. The first-order valence-electron chi connectivity index (χ1n) is 7.34. The van der Waals surface area contributed by atoms with E-state index in [1.807, 2.05) is 57.2 Å². The fraction of sp³-hybridized carbons (Fsp3) is 0.316. The predicted molar refractivity (Wildman–Crippen MR) is 83.4 cm³/mol. The molecule has 2 aromatic rings. The van der Waals surface area contributed by atoms with Crippen molar-refractivity contribution in [1.29, 1.82) is 0 Å². The lowest BCUT2D eigenvalue weighted by Gasteiger charge is -2.30. The maximum atomic E-state index is 12.7. The molecule has 0 saturated carbocycles. The first kappa shape index (κ1) is 13.9. The predicted octanol–water partition coefficient (Wildman–Crippen LogP) is 4.06. The van der Waals surface area contributed by atoms with Crippen LogP contribution in [-0.2, 0) is 16.0 Å². The Morgan fingerprint density at radius 1 is 0.952 bits per heavy atom. The lowest BCUT2D eigenvalue weighted by molar-refractivity contribution is -0.155. The van der Waals surface area contributed by atoms with E-state index in [9.17, 15) is 4.79 Å². The molecule has 2 nitrogen and oxygen atoms in total. The number of benzene rings is 2. The second-order valence-corrected chi connectivity index (χ2v) is 6.54. The Morgan fingerprint density at radius 3 is 1.90 bits per heavy atom. The normalized spacial score (nSPS) is 14.2. The Labute approximate surface area is 125 Å². The van der Waals surface area contributed by atoms with Crippen LogP contribution in [-0.4, -0.2) is 11.6 Å². The molecule has 0 radical (unpaired) electrons. The number of rotatable bonds is 1. The average Bonchev–Trinajstić information content (AvgIpc) is 2.42. The van der Waals surface area contributed by atoms with Gasteiger partial charge in [-0.1, -0.05) is 48.5 Å². The quantitative estimate of drug-likeness (QED) is 0.736. The van der Waals surface area contributed by atoms with Gasteiger partial charge >= 0.3 is 5.97 Å². The summed E-state index contributed by atoms with van der Waals surface area (Å²) in [6.45, 7) is 5.72. The third-order valence-electron chi connectivity index (χ3n) is 3.76. The van der Waals surface area contributed by atoms with E-state index in [-0.39, 0.29) is 11.9 Å². The molecule has 0 spiro atoms. The minimum absolute atomic E-state index is 0.165. The van der Waals surface area contributed by atoms with E-state index in [4.69, 9.17) is 4.74 Å². The summed E-state index contributed by atoms with van der Waals surface area (Å²) in [6.07, 6.45) is 0.881. The van der Waals surface area contributed by atoms with Gasteiger partial charge in [-0.05, 0) is 49.4 Å². The monoisotopic (exact) mass is 280 g/mol. The van der Waals surface area contributed by atoms with E-state index in [2.05, 4.69) is 12.1 Å². The minimum atomic E-state index is -0.474. The summed E-state index contributed by atoms with van der Waals surface area (Å²) in [7, 11) is 0. The number of esters is 1. The molecule has 0 fully saturated rings. The van der Waals surface area contributed by atoms with E-state index < -0.39 is 5.60 Å². The fourth-order valence-electron chi connectivity index (χ4n) is 2.94. The van der Waals surface area contributed by atoms with Gasteiger partial charge in [0.1, 0.15) is 11.5 Å². The summed E-state index contributed by atoms with van der Waals surface area (Å²) in [5.41, 5.74) is 4.10. The highest BCUT2D eigenvalue weighted by atomic mass is 16.6. The molecule has 0 unspecified atom stereocenters. The molecule has 0 bridgehead atoms. The summed E-state index contributed by atoms with van der Waals surface area (Å²) in [4.78, 5) is 12.7. The molecule has 0 amide bonds. The minimum Gasteiger partial charge on any atom is -0.459 e. The molecule has 0 atom stereocenters. The second kappa shape index (κ2) is 5.03. The van der Waals surface area contributed by atoms with E-state index in [0.717, 1.165) is 17.5 Å². The van der Waals surface area contributed by atoms with E-state index in [0.29, 0.717) is 0 Å². The van der Waals surface area contributed by atoms with Crippen molar-refractivity contribution in [3.05, 3.63) is 70.8 Å². The molecule has 0 saturated heterocycles. The molecule has 0 N–H and O–H groups in total. The largest absolute Gasteiger partial charge is 0.459 e. The SMILES string of the molecule is CC(C)(C)OC(=O)C1c2ccccc2Cc2ccccc21. The maximum absolute atomic E-state index is 12.7. The van der Waals surface area contributed by atoms with Crippen molar-refractivity contribution < 1.29 is 9.53 Å². The molecule has 1 aliphatic carbocycles. The summed E-state index contributed by atoms with van der Waals surface area (Å²) in [5, 5.41) is 0. The van der Waals surface area contributed by atoms with Crippen molar-refractivity contribution in [3.8, 4) is 0 Å². The smallest absolute Gasteiger partial charge is 0.318 e. The van der Waals surface area contributed by atoms with Crippen LogP contribution >= 0.6 is 0 Å². The molecule has 0 aromatic heterocycles. The van der Waals surface area contributed by atoms with Crippen molar-refractivity contribution in [2.45, 2.75) is 38.7 Å². The summed E-state index contributed by atoms with van der Waals surface area (Å²) in [5.74, 6) is -0.479. The molecular weight excluding hydrogens is 260 g/mol. The Kier molecular flexibility index (Phi) is 3.32. The van der Waals surface area contributed by atoms with Crippen molar-refractivity contribution in [1.82, 2.24) is 0 Å². The van der Waals surface area contributed by atoms with Crippen LogP contribution in [0.15, 0.2) is 48.5 Å². The first-order valence-corrected chi connectivity index (χ1v) is 7.34. The number of ether oxygens (including phenoxy) is 1. The fourth-order valence-corrected chi connectivity index (χ4v) is 2.94. The Balaban J connectivity index is 2.09. The highest BCUT2D eigenvalue weighted by Gasteiger charge is 2.33. The van der Waals surface area contributed by atoms with Crippen LogP contribution in [0.4, 0.5) is 0 Å². The van der Waals surface area contributed by atoms with Gasteiger partial charge in [0.05, 0.1) is 0 Å². The van der Waals surface area contributed by atoms with Gasteiger partial charge in [-0.2, -0.15) is 0 Å². The van der Waals surface area contributed by atoms with Gasteiger partial charge in [0, 0.05) is 0 Å². The zero-order chi connectivity index (χ0) is 15.0. The number of carbonyl (C=O) groups excluding carboxylic acids is 1. The highest BCUT2D eigenvalue weighted by molar-refractivity contribution is 5.84. The summed E-state index contributed by atoms with van der Waals surface area (Å²) in [6, 6.07) is 16.3. The third kappa shape index (κ3) is 2.71. The van der Waals surface area contributed by atoms with Gasteiger partial charge in [0.15, 0.2) is 0 Å². The molecule has 3 rings (SSSR count). The second-order valence-electron chi connectivity index (χ2n) is 6.54. The molecule has 0 heterocycles. The molecule has 2 heteroatoms. The Bertz CT molecular complexity index is 634. The number of hydrogen-bond acceptors (Lipinski definition) is 2. The summed E-state index contributed by atoms with van der Waals surface area (Å²) < 4.78 is 5.65. The van der Waals surface area contributed by atoms with Crippen molar-refractivity contribution in [2.24, 2.45) is 0 Å². The van der Waals surface area contributed by atoms with Crippen molar-refractivity contribution >= 4 is 5.97 Å². The van der Waals surface area contributed by atoms with Crippen LogP contribution in [0.1, 0.15) is 48.9 Å². The maximum Gasteiger partial charge on any atom is 0.318 e. The number of fused-ring (bicyclic) bond motifs is 2. The van der Waals surface area contributed by atoms with E-state index in [1.54, 1.807) is 0 Å². The Hall–Kier alpha value is -2.09. The topological polar surface area (TPSA) is 26.3 Å². The van der Waals surface area contributed by atoms with Gasteiger partial charge in [-0.3, -0.25) is 4.79 Å². The highest BCUT2D eigenvalue weighted by Crippen LogP contribution is 2.37. The molecule has 1 aliphatic rings. The van der Waals surface area contributed by atoms with Gasteiger partial charge in [-0.15, -0.1) is 0 Å². The van der Waals surface area contributed by atoms with Crippen LogP contribution < -0.4 is 0 Å². The van der Waals surface area contributed by atoms with E-state index in [1.165, 1.54) is 11.1 Å². The summed E-state index contributed by atoms with van der Waals surface area (Å²) >= 11 is 0. The first-order chi connectivity index (χ1) is 9.96. The van der Waals surface area contributed by atoms with Crippen LogP contribution in [0, 0.1) is 0 Å². The molecule has 108 valence electrons. The molecule has 0 aliphatic heterocycles. The average molecular weight is 280 g/mol. The van der Waals surface area contributed by atoms with Crippen LogP contribution in [0.2, 0.25) is 0 Å². The number of carbonyl (C=O) groups is 1. The molecular formula is C19H20O2.